The second-order valence-electron chi connectivity index (χ2n) is 5.63. The van der Waals surface area contributed by atoms with Crippen molar-refractivity contribution in [1.82, 2.24) is 25.4 Å². The van der Waals surface area contributed by atoms with Crippen molar-refractivity contribution in [3.05, 3.63) is 54.1 Å². The van der Waals surface area contributed by atoms with Gasteiger partial charge in [0.25, 0.3) is 0 Å². The van der Waals surface area contributed by atoms with E-state index >= 15 is 0 Å². The predicted octanol–water partition coefficient (Wildman–Crippen LogP) is 1.67. The van der Waals surface area contributed by atoms with E-state index in [-0.39, 0.29) is 24.0 Å². The van der Waals surface area contributed by atoms with Crippen LogP contribution in [0, 0.1) is 0 Å². The lowest BCUT2D eigenvalue weighted by atomic mass is 10.2. The summed E-state index contributed by atoms with van der Waals surface area (Å²) >= 11 is 0. The fourth-order valence-corrected chi connectivity index (χ4v) is 2.60. The van der Waals surface area contributed by atoms with E-state index < -0.39 is 0 Å². The average molecular weight is 453 g/mol. The number of aryl methyl sites for hydroxylation is 1. The molecule has 0 saturated carbocycles. The molecule has 2 N–H and O–H groups in total. The standard InChI is InChI=1S/C17H23N7.HI/c1-18-17(20-12-16-21-13-22-23(16)2)19-11-14-6-5-7-15(10-14)24-8-3-4-9-24;/h3-7,10,13H,8-9,11-12H2,1-2H3,(H2,18,19,20);1H. The third kappa shape index (κ3) is 5.18. The number of hydrogen-bond acceptors (Lipinski definition) is 4. The monoisotopic (exact) mass is 453 g/mol. The van der Waals surface area contributed by atoms with Gasteiger partial charge in [-0.05, 0) is 17.7 Å². The number of rotatable bonds is 5. The van der Waals surface area contributed by atoms with Crippen molar-refractivity contribution in [3.8, 4) is 0 Å². The van der Waals surface area contributed by atoms with E-state index in [1.54, 1.807) is 18.1 Å². The summed E-state index contributed by atoms with van der Waals surface area (Å²) in [5.41, 5.74) is 2.47. The molecular formula is C17H24IN7. The molecular weight excluding hydrogens is 429 g/mol. The summed E-state index contributed by atoms with van der Waals surface area (Å²) in [5.74, 6) is 1.60. The van der Waals surface area contributed by atoms with Crippen LogP contribution >= 0.6 is 24.0 Å². The van der Waals surface area contributed by atoms with E-state index in [1.807, 2.05) is 7.05 Å². The molecule has 1 aliphatic rings. The van der Waals surface area contributed by atoms with Crippen LogP contribution in [-0.4, -0.2) is 40.9 Å². The van der Waals surface area contributed by atoms with Crippen LogP contribution in [0.15, 0.2) is 47.7 Å². The summed E-state index contributed by atoms with van der Waals surface area (Å²) in [6.07, 6.45) is 5.94. The lowest BCUT2D eigenvalue weighted by Gasteiger charge is -2.19. The van der Waals surface area contributed by atoms with Gasteiger partial charge in [-0.15, -0.1) is 24.0 Å². The lowest BCUT2D eigenvalue weighted by molar-refractivity contribution is 0.672. The van der Waals surface area contributed by atoms with Gasteiger partial charge in [-0.1, -0.05) is 24.3 Å². The first-order chi connectivity index (χ1) is 11.8. The van der Waals surface area contributed by atoms with Crippen LogP contribution in [0.1, 0.15) is 11.4 Å². The normalized spacial score (nSPS) is 13.7. The van der Waals surface area contributed by atoms with Crippen LogP contribution in [0.3, 0.4) is 0 Å². The van der Waals surface area contributed by atoms with Crippen LogP contribution in [0.2, 0.25) is 0 Å². The maximum atomic E-state index is 4.25. The Morgan fingerprint density at radius 2 is 1.96 bits per heavy atom. The number of hydrogen-bond donors (Lipinski definition) is 2. The molecule has 25 heavy (non-hydrogen) atoms. The molecule has 0 unspecified atom stereocenters. The molecule has 0 radical (unpaired) electrons. The number of nitrogens with zero attached hydrogens (tertiary/aromatic N) is 5. The van der Waals surface area contributed by atoms with Crippen molar-refractivity contribution < 1.29 is 0 Å². The highest BCUT2D eigenvalue weighted by atomic mass is 127. The zero-order valence-corrected chi connectivity index (χ0v) is 16.8. The van der Waals surface area contributed by atoms with Crippen molar-refractivity contribution in [2.24, 2.45) is 12.0 Å². The topological polar surface area (TPSA) is 70.4 Å². The first-order valence-corrected chi connectivity index (χ1v) is 8.02. The van der Waals surface area contributed by atoms with Crippen LogP contribution < -0.4 is 15.5 Å². The Labute approximate surface area is 165 Å². The highest BCUT2D eigenvalue weighted by Gasteiger charge is 2.08. The molecule has 0 amide bonds. The number of nitrogens with one attached hydrogen (secondary N) is 2. The smallest absolute Gasteiger partial charge is 0.191 e. The average Bonchev–Trinajstić information content (AvgIpc) is 3.27. The fourth-order valence-electron chi connectivity index (χ4n) is 2.60. The summed E-state index contributed by atoms with van der Waals surface area (Å²) in [6, 6.07) is 8.59. The van der Waals surface area contributed by atoms with Gasteiger partial charge < -0.3 is 15.5 Å². The molecule has 0 bridgehead atoms. The van der Waals surface area contributed by atoms with Crippen molar-refractivity contribution in [1.29, 1.82) is 0 Å². The van der Waals surface area contributed by atoms with Crippen molar-refractivity contribution >= 4 is 35.6 Å². The first-order valence-electron chi connectivity index (χ1n) is 8.02. The van der Waals surface area contributed by atoms with E-state index in [4.69, 9.17) is 0 Å². The number of halogens is 1. The van der Waals surface area contributed by atoms with Crippen LogP contribution in [-0.2, 0) is 20.1 Å². The molecule has 1 aliphatic heterocycles. The molecule has 0 spiro atoms. The Morgan fingerprint density at radius 1 is 1.20 bits per heavy atom. The summed E-state index contributed by atoms with van der Waals surface area (Å²) in [6.45, 7) is 3.26. The number of guanidine groups is 1. The maximum Gasteiger partial charge on any atom is 0.191 e. The zero-order valence-electron chi connectivity index (χ0n) is 14.5. The number of benzene rings is 1. The fraction of sp³-hybridized carbons (Fsp3) is 0.353. The van der Waals surface area contributed by atoms with Crippen molar-refractivity contribution in [3.63, 3.8) is 0 Å². The highest BCUT2D eigenvalue weighted by Crippen LogP contribution is 2.18. The van der Waals surface area contributed by atoms with Gasteiger partial charge >= 0.3 is 0 Å². The van der Waals surface area contributed by atoms with E-state index in [1.165, 1.54) is 11.3 Å². The summed E-state index contributed by atoms with van der Waals surface area (Å²) < 4.78 is 1.74. The quantitative estimate of drug-likeness (QED) is 0.312. The SMILES string of the molecule is CN=C(NCc1cccc(N2CC=CC2)c1)NCc1ncnn1C.I. The minimum Gasteiger partial charge on any atom is -0.364 e. The summed E-state index contributed by atoms with van der Waals surface area (Å²) in [4.78, 5) is 10.8. The minimum atomic E-state index is 0. The van der Waals surface area contributed by atoms with E-state index in [0.717, 1.165) is 24.9 Å². The molecule has 7 nitrogen and oxygen atoms in total. The predicted molar refractivity (Wildman–Crippen MR) is 111 cm³/mol. The van der Waals surface area contributed by atoms with Crippen molar-refractivity contribution in [2.45, 2.75) is 13.1 Å². The van der Waals surface area contributed by atoms with Crippen LogP contribution in [0.4, 0.5) is 5.69 Å². The molecule has 0 atom stereocenters. The van der Waals surface area contributed by atoms with Crippen LogP contribution in [0.25, 0.3) is 0 Å². The molecule has 0 aliphatic carbocycles. The van der Waals surface area contributed by atoms with Gasteiger partial charge in [-0.2, -0.15) is 5.10 Å². The van der Waals surface area contributed by atoms with Gasteiger partial charge in [0.15, 0.2) is 5.96 Å². The van der Waals surface area contributed by atoms with Gasteiger partial charge in [-0.3, -0.25) is 9.67 Å². The Balaban J connectivity index is 0.00000225. The lowest BCUT2D eigenvalue weighted by Crippen LogP contribution is -2.37. The number of aliphatic imine (C=N–C) groups is 1. The molecule has 8 heteroatoms. The highest BCUT2D eigenvalue weighted by molar-refractivity contribution is 14.0. The number of anilines is 1. The Bertz CT molecular complexity index is 730. The largest absolute Gasteiger partial charge is 0.364 e. The van der Waals surface area contributed by atoms with Crippen LogP contribution in [0.5, 0.6) is 0 Å². The van der Waals surface area contributed by atoms with Gasteiger partial charge in [0.05, 0.1) is 6.54 Å². The minimum absolute atomic E-state index is 0. The summed E-state index contributed by atoms with van der Waals surface area (Å²) in [7, 11) is 3.64. The van der Waals surface area contributed by atoms with E-state index in [9.17, 15) is 0 Å². The third-order valence-electron chi connectivity index (χ3n) is 4.00. The molecule has 0 fully saturated rings. The second-order valence-corrected chi connectivity index (χ2v) is 5.63. The van der Waals surface area contributed by atoms with E-state index in [0.29, 0.717) is 13.1 Å². The Kier molecular flexibility index (Phi) is 7.23. The van der Waals surface area contributed by atoms with Gasteiger partial charge in [0, 0.05) is 39.4 Å². The second kappa shape index (κ2) is 9.40. The molecule has 1 aromatic heterocycles. The Morgan fingerprint density at radius 3 is 2.64 bits per heavy atom. The zero-order chi connectivity index (χ0) is 16.8. The molecule has 1 aromatic carbocycles. The molecule has 2 aromatic rings. The van der Waals surface area contributed by atoms with Crippen molar-refractivity contribution in [2.75, 3.05) is 25.0 Å². The van der Waals surface area contributed by atoms with Gasteiger partial charge in [0.1, 0.15) is 12.2 Å². The molecule has 134 valence electrons. The van der Waals surface area contributed by atoms with Gasteiger partial charge in [0.2, 0.25) is 0 Å². The number of aromatic nitrogens is 3. The molecule has 3 rings (SSSR count). The Hall–Kier alpha value is -2.10. The third-order valence-corrected chi connectivity index (χ3v) is 4.00. The van der Waals surface area contributed by atoms with E-state index in [2.05, 4.69) is 67.0 Å². The maximum absolute atomic E-state index is 4.25. The molecule has 2 heterocycles. The summed E-state index contributed by atoms with van der Waals surface area (Å²) in [5, 5.41) is 10.6. The molecule has 0 saturated heterocycles. The van der Waals surface area contributed by atoms with Gasteiger partial charge in [-0.25, -0.2) is 4.98 Å². The first kappa shape index (κ1) is 19.2.